The van der Waals surface area contributed by atoms with E-state index in [0.717, 1.165) is 40.8 Å². The van der Waals surface area contributed by atoms with Crippen molar-refractivity contribution < 1.29 is 4.57 Å². The van der Waals surface area contributed by atoms with E-state index in [9.17, 15) is 4.57 Å². The highest BCUT2D eigenvalue weighted by Gasteiger charge is 2.22. The molecule has 1 fully saturated rings. The fourth-order valence-corrected chi connectivity index (χ4v) is 5.83. The van der Waals surface area contributed by atoms with Crippen molar-refractivity contribution in [1.82, 2.24) is 19.5 Å². The summed E-state index contributed by atoms with van der Waals surface area (Å²) in [6, 6.07) is 14.1. The smallest absolute Gasteiger partial charge is 0.169 e. The first-order valence-electron chi connectivity index (χ1n) is 12.7. The number of fused-ring (bicyclic) bond motifs is 1. The molecule has 5 rings (SSSR count). The van der Waals surface area contributed by atoms with Crippen molar-refractivity contribution >= 4 is 47.4 Å². The molecular weight excluding hydrogens is 465 g/mol. The van der Waals surface area contributed by atoms with Crippen LogP contribution in [0.25, 0.3) is 23.4 Å². The molecule has 2 aromatic heterocycles. The van der Waals surface area contributed by atoms with Gasteiger partial charge in [0.25, 0.3) is 0 Å². The van der Waals surface area contributed by atoms with Gasteiger partial charge in [-0.1, -0.05) is 37.5 Å². The lowest BCUT2D eigenvalue weighted by molar-refractivity contribution is 0.429. The average Bonchev–Trinajstić information content (AvgIpc) is 3.27. The highest BCUT2D eigenvalue weighted by molar-refractivity contribution is 7.70. The Morgan fingerprint density at radius 3 is 2.33 bits per heavy atom. The predicted molar refractivity (Wildman–Crippen MR) is 151 cm³/mol. The zero-order valence-corrected chi connectivity index (χ0v) is 22.4. The average molecular weight is 500 g/mol. The van der Waals surface area contributed by atoms with Crippen molar-refractivity contribution in [2.45, 2.75) is 51.9 Å². The van der Waals surface area contributed by atoms with Crippen molar-refractivity contribution in [3.8, 4) is 0 Å². The fraction of sp³-hybridized carbons (Fsp3) is 0.345. The molecule has 0 unspecified atom stereocenters. The van der Waals surface area contributed by atoms with Gasteiger partial charge in [-0.05, 0) is 87.1 Å². The van der Waals surface area contributed by atoms with Gasteiger partial charge in [-0.25, -0.2) is 15.0 Å². The number of rotatable bonds is 6. The van der Waals surface area contributed by atoms with E-state index in [1.807, 2.05) is 41.4 Å². The SMILES string of the molecule is Cc1cccc(C)c1C=Cn1cnc2c(Nc3ccc(P(C)(C)=O)cc3)nc(C3CCCCC3)nc21. The van der Waals surface area contributed by atoms with Crippen LogP contribution in [0, 0.1) is 13.8 Å². The van der Waals surface area contributed by atoms with Gasteiger partial charge in [0.15, 0.2) is 17.0 Å². The van der Waals surface area contributed by atoms with E-state index in [2.05, 4.69) is 43.4 Å². The van der Waals surface area contributed by atoms with Gasteiger partial charge < -0.3 is 9.88 Å². The molecule has 7 heteroatoms. The molecule has 2 heterocycles. The number of hydrogen-bond acceptors (Lipinski definition) is 5. The predicted octanol–water partition coefficient (Wildman–Crippen LogP) is 7.11. The molecule has 0 bridgehead atoms. The minimum Gasteiger partial charge on any atom is -0.338 e. The van der Waals surface area contributed by atoms with E-state index in [1.165, 1.54) is 36.0 Å². The van der Waals surface area contributed by atoms with Crippen molar-refractivity contribution in [2.75, 3.05) is 18.6 Å². The second-order valence-corrected chi connectivity index (χ2v) is 13.5. The van der Waals surface area contributed by atoms with E-state index in [4.69, 9.17) is 15.0 Å². The Labute approximate surface area is 213 Å². The van der Waals surface area contributed by atoms with Gasteiger partial charge >= 0.3 is 0 Å². The van der Waals surface area contributed by atoms with E-state index in [1.54, 1.807) is 13.3 Å². The van der Waals surface area contributed by atoms with Gasteiger partial charge in [-0.15, -0.1) is 0 Å². The van der Waals surface area contributed by atoms with Crippen molar-refractivity contribution in [2.24, 2.45) is 0 Å². The number of nitrogens with zero attached hydrogens (tertiary/aromatic N) is 4. The van der Waals surface area contributed by atoms with Crippen LogP contribution in [0.5, 0.6) is 0 Å². The summed E-state index contributed by atoms with van der Waals surface area (Å²) in [5.41, 5.74) is 6.12. The maximum absolute atomic E-state index is 12.4. The Hall–Kier alpha value is -3.24. The van der Waals surface area contributed by atoms with E-state index in [0.29, 0.717) is 11.7 Å². The topological polar surface area (TPSA) is 72.7 Å². The summed E-state index contributed by atoms with van der Waals surface area (Å²) >= 11 is 0. The lowest BCUT2D eigenvalue weighted by Crippen LogP contribution is -2.11. The van der Waals surface area contributed by atoms with Gasteiger partial charge in [0.05, 0.1) is 0 Å². The molecule has 36 heavy (non-hydrogen) atoms. The Kier molecular flexibility index (Phi) is 6.81. The van der Waals surface area contributed by atoms with Crippen molar-refractivity contribution in [3.05, 3.63) is 71.3 Å². The maximum atomic E-state index is 12.4. The standard InChI is InChI=1S/C29H34N5OP/c1-20-9-8-10-21(2)25(20)17-18-34-19-30-26-28(31-23-13-15-24(16-14-23)36(3,4)35)32-27(33-29(26)34)22-11-6-5-7-12-22/h8-10,13-19,22H,5-7,11-12H2,1-4H3,(H,31,32,33). The third-order valence-electron chi connectivity index (χ3n) is 7.10. The highest BCUT2D eigenvalue weighted by Crippen LogP contribution is 2.36. The maximum Gasteiger partial charge on any atom is 0.169 e. The van der Waals surface area contributed by atoms with Gasteiger partial charge in [0.2, 0.25) is 0 Å². The van der Waals surface area contributed by atoms with Gasteiger partial charge in [-0.2, -0.15) is 0 Å². The van der Waals surface area contributed by atoms with Gasteiger partial charge in [-0.3, -0.25) is 4.57 Å². The second-order valence-electron chi connectivity index (χ2n) is 10.2. The van der Waals surface area contributed by atoms with Crippen molar-refractivity contribution in [3.63, 3.8) is 0 Å². The molecule has 1 aliphatic carbocycles. The van der Waals surface area contributed by atoms with Crippen LogP contribution in [0.15, 0.2) is 48.8 Å². The van der Waals surface area contributed by atoms with Crippen LogP contribution < -0.4 is 10.6 Å². The Morgan fingerprint density at radius 1 is 0.972 bits per heavy atom. The van der Waals surface area contributed by atoms with E-state index >= 15 is 0 Å². The third-order valence-corrected chi connectivity index (χ3v) is 8.65. The van der Waals surface area contributed by atoms with Gasteiger partial charge in [0.1, 0.15) is 19.3 Å². The molecule has 0 saturated heterocycles. The Morgan fingerprint density at radius 2 is 1.67 bits per heavy atom. The quantitative estimate of drug-likeness (QED) is 0.286. The minimum atomic E-state index is -2.30. The van der Waals surface area contributed by atoms with E-state index in [-0.39, 0.29) is 0 Å². The molecule has 0 amide bonds. The molecule has 4 aromatic rings. The largest absolute Gasteiger partial charge is 0.338 e. The zero-order valence-electron chi connectivity index (χ0n) is 21.5. The molecule has 0 spiro atoms. The molecule has 1 aliphatic rings. The zero-order chi connectivity index (χ0) is 25.3. The number of benzene rings is 2. The van der Waals surface area contributed by atoms with Crippen LogP contribution in [0.4, 0.5) is 11.5 Å². The van der Waals surface area contributed by atoms with Crippen LogP contribution in [-0.2, 0) is 4.57 Å². The summed E-state index contributed by atoms with van der Waals surface area (Å²) in [5.74, 6) is 1.96. The van der Waals surface area contributed by atoms with Crippen LogP contribution in [0.3, 0.4) is 0 Å². The third kappa shape index (κ3) is 5.15. The molecule has 1 N–H and O–H groups in total. The number of imidazole rings is 1. The lowest BCUT2D eigenvalue weighted by Gasteiger charge is -2.21. The molecule has 6 nitrogen and oxygen atoms in total. The van der Waals surface area contributed by atoms with Gasteiger partial charge in [0, 0.05) is 23.1 Å². The van der Waals surface area contributed by atoms with Crippen molar-refractivity contribution in [1.29, 1.82) is 0 Å². The molecule has 1 saturated carbocycles. The summed E-state index contributed by atoms with van der Waals surface area (Å²) in [4.78, 5) is 14.7. The summed E-state index contributed by atoms with van der Waals surface area (Å²) in [5, 5.41) is 4.34. The van der Waals surface area contributed by atoms with Crippen LogP contribution in [0.2, 0.25) is 0 Å². The lowest BCUT2D eigenvalue weighted by atomic mass is 9.89. The van der Waals surface area contributed by atoms with Crippen LogP contribution in [-0.4, -0.2) is 32.8 Å². The Balaban J connectivity index is 1.55. The minimum absolute atomic E-state index is 0.364. The first-order chi connectivity index (χ1) is 17.3. The van der Waals surface area contributed by atoms with Crippen LogP contribution >= 0.6 is 7.14 Å². The second kappa shape index (κ2) is 10.0. The van der Waals surface area contributed by atoms with E-state index < -0.39 is 7.14 Å². The fourth-order valence-electron chi connectivity index (χ4n) is 4.96. The molecular formula is C29H34N5OP. The molecule has 0 radical (unpaired) electrons. The molecule has 0 atom stereocenters. The summed E-state index contributed by atoms with van der Waals surface area (Å²) in [6.45, 7) is 7.84. The summed E-state index contributed by atoms with van der Waals surface area (Å²) in [6.07, 6.45) is 11.9. The molecule has 186 valence electrons. The first kappa shape index (κ1) is 24.5. The molecule has 0 aliphatic heterocycles. The number of aromatic nitrogens is 4. The number of nitrogens with one attached hydrogen (secondary N) is 1. The first-order valence-corrected chi connectivity index (χ1v) is 15.3. The number of hydrogen-bond donors (Lipinski definition) is 1. The van der Waals surface area contributed by atoms with Crippen LogP contribution in [0.1, 0.15) is 60.5 Å². The Bertz CT molecular complexity index is 1440. The summed E-state index contributed by atoms with van der Waals surface area (Å²) in [7, 11) is -2.30. The normalized spacial score (nSPS) is 15.1. The monoisotopic (exact) mass is 499 g/mol. The molecule has 2 aromatic carbocycles. The summed E-state index contributed by atoms with van der Waals surface area (Å²) < 4.78 is 14.4. The highest BCUT2D eigenvalue weighted by atomic mass is 31.2. The number of aryl methyl sites for hydroxylation is 2. The number of anilines is 2.